The van der Waals surface area contributed by atoms with Crippen molar-refractivity contribution in [1.29, 1.82) is 0 Å². The Morgan fingerprint density at radius 2 is 1.97 bits per heavy atom. The number of H-pyrrole nitrogens is 1. The Morgan fingerprint density at radius 1 is 1.11 bits per heavy atom. The van der Waals surface area contributed by atoms with Crippen LogP contribution in [-0.4, -0.2) is 46.6 Å². The minimum absolute atomic E-state index is 0.0703. The van der Waals surface area contributed by atoms with Crippen LogP contribution in [0, 0.1) is 0 Å². The van der Waals surface area contributed by atoms with Crippen molar-refractivity contribution in [3.63, 3.8) is 0 Å². The molecule has 0 fully saturated rings. The third-order valence-electron chi connectivity index (χ3n) is 6.66. The van der Waals surface area contributed by atoms with E-state index in [1.807, 2.05) is 6.07 Å². The molecule has 2 N–H and O–H groups in total. The second-order valence-electron chi connectivity index (χ2n) is 8.97. The number of hydrogen-bond acceptors (Lipinski definition) is 6. The van der Waals surface area contributed by atoms with Gasteiger partial charge in [0.25, 0.3) is 5.56 Å². The van der Waals surface area contributed by atoms with Gasteiger partial charge < -0.3 is 14.7 Å². The summed E-state index contributed by atoms with van der Waals surface area (Å²) in [5.74, 6) is -1.11. The van der Waals surface area contributed by atoms with Crippen molar-refractivity contribution in [1.82, 2.24) is 29.8 Å². The zero-order chi connectivity index (χ0) is 25.7. The van der Waals surface area contributed by atoms with Crippen molar-refractivity contribution in [3.8, 4) is 16.8 Å². The number of aromatic amines is 1. The number of ketones is 1. The first-order valence-electron chi connectivity index (χ1n) is 11.5. The predicted octanol–water partition coefficient (Wildman–Crippen LogP) is 3.62. The Hall–Kier alpha value is -4.57. The molecule has 1 atom stereocenters. The largest absolute Gasteiger partial charge is 0.477 e. The Balaban J connectivity index is 1.31. The van der Waals surface area contributed by atoms with Crippen molar-refractivity contribution < 1.29 is 14.7 Å². The quantitative estimate of drug-likeness (QED) is 0.353. The Labute approximate surface area is 214 Å². The third kappa shape index (κ3) is 4.11. The molecule has 4 heterocycles. The number of nitrogens with zero attached hydrogens (tertiary/aromatic N) is 5. The molecule has 0 spiro atoms. The fraction of sp³-hybridized carbons (Fsp3) is 0.154. The number of carbonyl (C=O) groups is 2. The maximum atomic E-state index is 13.3. The lowest BCUT2D eigenvalue weighted by molar-refractivity contribution is -0.121. The summed E-state index contributed by atoms with van der Waals surface area (Å²) in [6.07, 6.45) is 2.72. The van der Waals surface area contributed by atoms with E-state index in [1.54, 1.807) is 47.0 Å². The fourth-order valence-electron chi connectivity index (χ4n) is 4.99. The highest BCUT2D eigenvalue weighted by molar-refractivity contribution is 6.31. The van der Waals surface area contributed by atoms with Crippen LogP contribution in [0.25, 0.3) is 27.7 Å². The van der Waals surface area contributed by atoms with Gasteiger partial charge >= 0.3 is 5.97 Å². The van der Waals surface area contributed by atoms with E-state index in [2.05, 4.69) is 20.5 Å². The number of benzene rings is 2. The average molecular weight is 515 g/mol. The highest BCUT2D eigenvalue weighted by Gasteiger charge is 2.30. The van der Waals surface area contributed by atoms with E-state index >= 15 is 0 Å². The molecule has 1 aliphatic heterocycles. The number of carboxylic acids is 1. The Morgan fingerprint density at radius 3 is 2.76 bits per heavy atom. The molecular weight excluding hydrogens is 496 g/mol. The summed E-state index contributed by atoms with van der Waals surface area (Å²) in [7, 11) is 0. The van der Waals surface area contributed by atoms with Crippen LogP contribution in [0.1, 0.15) is 34.2 Å². The van der Waals surface area contributed by atoms with Gasteiger partial charge in [-0.1, -0.05) is 17.7 Å². The zero-order valence-electron chi connectivity index (χ0n) is 19.3. The minimum atomic E-state index is -1.04. The first kappa shape index (κ1) is 22.9. The molecule has 0 saturated carbocycles. The minimum Gasteiger partial charge on any atom is -0.477 e. The van der Waals surface area contributed by atoms with Crippen LogP contribution in [0.15, 0.2) is 65.7 Å². The summed E-state index contributed by atoms with van der Waals surface area (Å²) >= 11 is 6.26. The van der Waals surface area contributed by atoms with Crippen molar-refractivity contribution in [2.45, 2.75) is 25.3 Å². The number of pyridine rings is 1. The van der Waals surface area contributed by atoms with Gasteiger partial charge in [0.05, 0.1) is 11.7 Å². The molecule has 6 rings (SSSR count). The van der Waals surface area contributed by atoms with Gasteiger partial charge in [0, 0.05) is 39.7 Å². The van der Waals surface area contributed by atoms with Crippen LogP contribution in [0.2, 0.25) is 5.02 Å². The van der Waals surface area contributed by atoms with Gasteiger partial charge in [-0.2, -0.15) is 4.68 Å². The lowest BCUT2D eigenvalue weighted by Gasteiger charge is -2.15. The molecule has 10 nitrogen and oxygen atoms in total. The van der Waals surface area contributed by atoms with Gasteiger partial charge in [-0.05, 0) is 76.9 Å². The number of carbonyl (C=O) groups excluding carboxylic acids is 1. The van der Waals surface area contributed by atoms with Crippen molar-refractivity contribution in [3.05, 3.63) is 93.3 Å². The number of carboxylic acid groups (broad SMARTS) is 1. The van der Waals surface area contributed by atoms with E-state index in [0.29, 0.717) is 40.2 Å². The molecule has 1 aliphatic rings. The molecule has 0 bridgehead atoms. The topological polar surface area (TPSA) is 136 Å². The zero-order valence-corrected chi connectivity index (χ0v) is 20.0. The molecule has 0 unspecified atom stereocenters. The first-order valence-corrected chi connectivity index (χ1v) is 11.9. The molecule has 5 aromatic rings. The number of Topliss-reactive ketones (excluding diaryl/α,β-unsaturated/α-hetero) is 1. The molecule has 0 amide bonds. The summed E-state index contributed by atoms with van der Waals surface area (Å²) in [4.78, 5) is 40.6. The van der Waals surface area contributed by atoms with Crippen LogP contribution in [-0.2, 0) is 17.6 Å². The monoisotopic (exact) mass is 514 g/mol. The normalized spacial score (nSPS) is 14.7. The summed E-state index contributed by atoms with van der Waals surface area (Å²) in [5.41, 5.74) is 4.10. The molecule has 0 saturated heterocycles. The highest BCUT2D eigenvalue weighted by atomic mass is 35.5. The van der Waals surface area contributed by atoms with Crippen LogP contribution in [0.4, 0.5) is 0 Å². The number of halogens is 1. The maximum Gasteiger partial charge on any atom is 0.352 e. The number of aryl methyl sites for hydroxylation is 1. The smallest absolute Gasteiger partial charge is 0.352 e. The SMILES string of the molecule is O=C(O)c1cc2cc(CC(=O)[C@H]3CCc4cc(-c5cc(Cl)ccc5-n5cnnn5)cc(=O)n43)ccc2[nH]1. The van der Waals surface area contributed by atoms with Crippen LogP contribution in [0.5, 0.6) is 0 Å². The van der Waals surface area contributed by atoms with E-state index in [1.165, 1.54) is 17.1 Å². The van der Waals surface area contributed by atoms with E-state index in [4.69, 9.17) is 11.6 Å². The van der Waals surface area contributed by atoms with Crippen LogP contribution < -0.4 is 5.56 Å². The number of tetrazole rings is 1. The number of hydrogen-bond donors (Lipinski definition) is 2. The van der Waals surface area contributed by atoms with Gasteiger partial charge in [0.15, 0.2) is 5.78 Å². The molecule has 0 aliphatic carbocycles. The number of rotatable bonds is 6. The number of aromatic carboxylic acids is 1. The molecule has 0 radical (unpaired) electrons. The van der Waals surface area contributed by atoms with Gasteiger partial charge in [0.2, 0.25) is 0 Å². The van der Waals surface area contributed by atoms with Crippen LogP contribution >= 0.6 is 11.6 Å². The fourth-order valence-corrected chi connectivity index (χ4v) is 5.16. The third-order valence-corrected chi connectivity index (χ3v) is 6.90. The molecule has 11 heteroatoms. The van der Waals surface area contributed by atoms with E-state index in [9.17, 15) is 19.5 Å². The van der Waals surface area contributed by atoms with E-state index < -0.39 is 12.0 Å². The summed E-state index contributed by atoms with van der Waals surface area (Å²) in [6, 6.07) is 15.0. The van der Waals surface area contributed by atoms with Crippen molar-refractivity contribution >= 4 is 34.3 Å². The van der Waals surface area contributed by atoms with Crippen molar-refractivity contribution in [2.75, 3.05) is 0 Å². The number of aromatic nitrogens is 6. The van der Waals surface area contributed by atoms with Gasteiger partial charge in [-0.25, -0.2) is 4.79 Å². The maximum absolute atomic E-state index is 13.3. The predicted molar refractivity (Wildman–Crippen MR) is 135 cm³/mol. The second kappa shape index (κ2) is 8.82. The first-order chi connectivity index (χ1) is 17.9. The summed E-state index contributed by atoms with van der Waals surface area (Å²) in [5, 5.41) is 21.8. The second-order valence-corrected chi connectivity index (χ2v) is 9.40. The Bertz CT molecular complexity index is 1760. The number of fused-ring (bicyclic) bond motifs is 2. The van der Waals surface area contributed by atoms with E-state index in [-0.39, 0.29) is 23.5 Å². The van der Waals surface area contributed by atoms with Gasteiger partial charge in [-0.3, -0.25) is 9.59 Å². The summed E-state index contributed by atoms with van der Waals surface area (Å²) < 4.78 is 3.08. The molecule has 37 heavy (non-hydrogen) atoms. The highest BCUT2D eigenvalue weighted by Crippen LogP contribution is 2.33. The molecule has 3 aromatic heterocycles. The Kier molecular flexibility index (Phi) is 5.45. The van der Waals surface area contributed by atoms with Crippen LogP contribution in [0.3, 0.4) is 0 Å². The molecular formula is C26H19ClN6O4. The lowest BCUT2D eigenvalue weighted by Crippen LogP contribution is -2.28. The molecule has 184 valence electrons. The average Bonchev–Trinajstić information content (AvgIpc) is 3.63. The molecule has 2 aromatic carbocycles. The number of nitrogens with one attached hydrogen (secondary N) is 1. The van der Waals surface area contributed by atoms with Crippen molar-refractivity contribution in [2.24, 2.45) is 0 Å². The standard InChI is InChI=1S/C26H19ClN6O4/c27-17-2-5-22(32-13-28-30-31-32)19(12-17)15-9-18-3-6-23(33(18)25(35)11-15)24(34)8-14-1-4-20-16(7-14)10-21(29-20)26(36)37/h1-2,4-5,7,9-13,23,29H,3,6,8H2,(H,36,37)/t23-/m1/s1. The van der Waals surface area contributed by atoms with Gasteiger partial charge in [0.1, 0.15) is 12.0 Å². The van der Waals surface area contributed by atoms with E-state index in [0.717, 1.165) is 16.6 Å². The summed E-state index contributed by atoms with van der Waals surface area (Å²) in [6.45, 7) is 0. The lowest BCUT2D eigenvalue weighted by atomic mass is 10.0. The van der Waals surface area contributed by atoms with Gasteiger partial charge in [-0.15, -0.1) is 5.10 Å².